The molecule has 0 saturated heterocycles. The number of benzene rings is 1. The van der Waals surface area contributed by atoms with Crippen LogP contribution in [-0.4, -0.2) is 36.5 Å². The van der Waals surface area contributed by atoms with E-state index in [0.29, 0.717) is 24.5 Å². The Morgan fingerprint density at radius 2 is 1.68 bits per heavy atom. The van der Waals surface area contributed by atoms with Gasteiger partial charge in [0.25, 0.3) is 0 Å². The molecule has 0 aliphatic heterocycles. The molecule has 0 aromatic heterocycles. The number of aliphatic imine (C=N–C) groups is 1. The van der Waals surface area contributed by atoms with Gasteiger partial charge in [0.2, 0.25) is 0 Å². The lowest BCUT2D eigenvalue weighted by molar-refractivity contribution is 0.265. The Morgan fingerprint density at radius 1 is 1.08 bits per heavy atom. The molecule has 1 atom stereocenters. The Morgan fingerprint density at radius 3 is 2.20 bits per heavy atom. The minimum Gasteiger partial charge on any atom is -0.357 e. The highest BCUT2D eigenvalue weighted by atomic mass is 127. The Hall–Kier alpha value is -0.820. The van der Waals surface area contributed by atoms with Crippen LogP contribution in [0.1, 0.15) is 52.7 Å². The summed E-state index contributed by atoms with van der Waals surface area (Å²) in [6.45, 7) is 15.7. The summed E-state index contributed by atoms with van der Waals surface area (Å²) in [4.78, 5) is 7.15. The first-order valence-electron chi connectivity index (χ1n) is 9.17. The van der Waals surface area contributed by atoms with Crippen LogP contribution in [0.15, 0.2) is 29.3 Å². The molecule has 5 heteroatoms. The van der Waals surface area contributed by atoms with Gasteiger partial charge in [-0.1, -0.05) is 38.1 Å². The van der Waals surface area contributed by atoms with Gasteiger partial charge < -0.3 is 10.6 Å². The van der Waals surface area contributed by atoms with Crippen molar-refractivity contribution in [2.75, 3.05) is 13.6 Å². The summed E-state index contributed by atoms with van der Waals surface area (Å²) >= 11 is 0. The predicted molar refractivity (Wildman–Crippen MR) is 121 cm³/mol. The van der Waals surface area contributed by atoms with Crippen LogP contribution in [0.2, 0.25) is 0 Å². The normalized spacial score (nSPS) is 13.1. The lowest BCUT2D eigenvalue weighted by atomic mass is 10.1. The van der Waals surface area contributed by atoms with Gasteiger partial charge >= 0.3 is 0 Å². The van der Waals surface area contributed by atoms with E-state index in [1.807, 2.05) is 0 Å². The molecule has 1 aromatic rings. The molecule has 0 aliphatic rings. The molecular weight excluding hydrogens is 423 g/mol. The molecule has 0 heterocycles. The molecule has 0 spiro atoms. The summed E-state index contributed by atoms with van der Waals surface area (Å²) in [6, 6.07) is 9.53. The van der Waals surface area contributed by atoms with Gasteiger partial charge in [-0.2, -0.15) is 0 Å². The van der Waals surface area contributed by atoms with Gasteiger partial charge in [-0.15, -0.1) is 24.0 Å². The molecule has 0 aliphatic carbocycles. The fraction of sp³-hybridized carbons (Fsp3) is 0.650. The molecule has 25 heavy (non-hydrogen) atoms. The number of guanidine groups is 1. The van der Waals surface area contributed by atoms with Crippen molar-refractivity contribution in [2.45, 2.75) is 66.7 Å². The van der Waals surface area contributed by atoms with Crippen LogP contribution < -0.4 is 10.6 Å². The minimum absolute atomic E-state index is 0. The van der Waals surface area contributed by atoms with E-state index < -0.39 is 0 Å². The van der Waals surface area contributed by atoms with Gasteiger partial charge in [-0.05, 0) is 51.8 Å². The number of nitrogens with zero attached hydrogens (tertiary/aromatic N) is 2. The molecule has 0 fully saturated rings. The van der Waals surface area contributed by atoms with Gasteiger partial charge in [0, 0.05) is 25.2 Å². The number of nitrogens with one attached hydrogen (secondary N) is 2. The molecule has 0 bridgehead atoms. The summed E-state index contributed by atoms with van der Waals surface area (Å²) in [6.07, 6.45) is 0. The third-order valence-corrected chi connectivity index (χ3v) is 4.54. The van der Waals surface area contributed by atoms with Crippen LogP contribution in [0.5, 0.6) is 0 Å². The number of rotatable bonds is 8. The lowest BCUT2D eigenvalue weighted by Gasteiger charge is -2.23. The SMILES string of the molecule is CCNC(=NCc1ccccc1CN(C)C(C)C)NC(C)C(C)C.I. The van der Waals surface area contributed by atoms with Crippen LogP contribution in [0, 0.1) is 5.92 Å². The smallest absolute Gasteiger partial charge is 0.191 e. The topological polar surface area (TPSA) is 39.7 Å². The maximum atomic E-state index is 4.79. The van der Waals surface area contributed by atoms with Crippen LogP contribution >= 0.6 is 24.0 Å². The number of halogens is 1. The highest BCUT2D eigenvalue weighted by Gasteiger charge is 2.10. The summed E-state index contributed by atoms with van der Waals surface area (Å²) in [5, 5.41) is 6.84. The van der Waals surface area contributed by atoms with E-state index in [2.05, 4.69) is 88.4 Å². The Bertz CT molecular complexity index is 514. The minimum atomic E-state index is 0. The van der Waals surface area contributed by atoms with Crippen molar-refractivity contribution in [3.8, 4) is 0 Å². The molecule has 0 amide bonds. The summed E-state index contributed by atoms with van der Waals surface area (Å²) in [7, 11) is 2.17. The van der Waals surface area contributed by atoms with E-state index in [0.717, 1.165) is 19.0 Å². The van der Waals surface area contributed by atoms with Crippen molar-refractivity contribution in [3.63, 3.8) is 0 Å². The van der Waals surface area contributed by atoms with Gasteiger partial charge in [-0.3, -0.25) is 4.90 Å². The predicted octanol–water partition coefficient (Wildman–Crippen LogP) is 4.24. The Balaban J connectivity index is 0.00000576. The van der Waals surface area contributed by atoms with E-state index in [4.69, 9.17) is 4.99 Å². The van der Waals surface area contributed by atoms with E-state index in [-0.39, 0.29) is 24.0 Å². The summed E-state index contributed by atoms with van der Waals surface area (Å²) < 4.78 is 0. The third kappa shape index (κ3) is 8.90. The lowest BCUT2D eigenvalue weighted by Crippen LogP contribution is -2.44. The Labute approximate surface area is 171 Å². The van der Waals surface area contributed by atoms with Gasteiger partial charge in [0.15, 0.2) is 5.96 Å². The van der Waals surface area contributed by atoms with Crippen LogP contribution in [0.3, 0.4) is 0 Å². The average molecular weight is 460 g/mol. The van der Waals surface area contributed by atoms with E-state index in [1.54, 1.807) is 0 Å². The second-order valence-electron chi connectivity index (χ2n) is 7.15. The number of hydrogen-bond acceptors (Lipinski definition) is 2. The largest absolute Gasteiger partial charge is 0.357 e. The van der Waals surface area contributed by atoms with Crippen molar-refractivity contribution >= 4 is 29.9 Å². The van der Waals surface area contributed by atoms with Gasteiger partial charge in [0.05, 0.1) is 6.54 Å². The highest BCUT2D eigenvalue weighted by molar-refractivity contribution is 14.0. The van der Waals surface area contributed by atoms with Gasteiger partial charge in [-0.25, -0.2) is 4.99 Å². The molecule has 1 aromatic carbocycles. The highest BCUT2D eigenvalue weighted by Crippen LogP contribution is 2.13. The third-order valence-electron chi connectivity index (χ3n) is 4.54. The van der Waals surface area contributed by atoms with Crippen molar-refractivity contribution in [3.05, 3.63) is 35.4 Å². The van der Waals surface area contributed by atoms with E-state index in [1.165, 1.54) is 11.1 Å². The van der Waals surface area contributed by atoms with Gasteiger partial charge in [0.1, 0.15) is 0 Å². The molecule has 0 radical (unpaired) electrons. The second kappa shape index (κ2) is 12.5. The molecule has 2 N–H and O–H groups in total. The first-order valence-corrected chi connectivity index (χ1v) is 9.17. The van der Waals surface area contributed by atoms with E-state index >= 15 is 0 Å². The average Bonchev–Trinajstić information content (AvgIpc) is 2.53. The van der Waals surface area contributed by atoms with Crippen LogP contribution in [0.25, 0.3) is 0 Å². The zero-order valence-electron chi connectivity index (χ0n) is 17.0. The monoisotopic (exact) mass is 460 g/mol. The maximum absolute atomic E-state index is 4.79. The van der Waals surface area contributed by atoms with Crippen LogP contribution in [0.4, 0.5) is 0 Å². The second-order valence-corrected chi connectivity index (χ2v) is 7.15. The van der Waals surface area contributed by atoms with E-state index in [9.17, 15) is 0 Å². The van der Waals surface area contributed by atoms with Crippen molar-refractivity contribution in [1.29, 1.82) is 0 Å². The number of hydrogen-bond donors (Lipinski definition) is 2. The van der Waals surface area contributed by atoms with Crippen molar-refractivity contribution < 1.29 is 0 Å². The molecule has 4 nitrogen and oxygen atoms in total. The molecule has 1 rings (SSSR count). The fourth-order valence-electron chi connectivity index (χ4n) is 2.18. The molecule has 0 saturated carbocycles. The quantitative estimate of drug-likeness (QED) is 0.346. The van der Waals surface area contributed by atoms with Crippen molar-refractivity contribution in [1.82, 2.24) is 15.5 Å². The summed E-state index contributed by atoms with van der Waals surface area (Å²) in [5.41, 5.74) is 2.64. The standard InChI is InChI=1S/C20H36N4.HI/c1-8-21-20(23-17(6)15(2)3)22-13-18-11-9-10-12-19(18)14-24(7)16(4)5;/h9-12,15-17H,8,13-14H2,1-7H3,(H2,21,22,23);1H. The van der Waals surface area contributed by atoms with Crippen molar-refractivity contribution in [2.24, 2.45) is 10.9 Å². The summed E-state index contributed by atoms with van der Waals surface area (Å²) in [5.74, 6) is 1.46. The first-order chi connectivity index (χ1) is 11.3. The molecule has 1 unspecified atom stereocenters. The molecule has 144 valence electrons. The Kier molecular flexibility index (Phi) is 12.1. The molecular formula is C20H37IN4. The zero-order valence-corrected chi connectivity index (χ0v) is 19.3. The zero-order chi connectivity index (χ0) is 18.1. The maximum Gasteiger partial charge on any atom is 0.191 e. The fourth-order valence-corrected chi connectivity index (χ4v) is 2.18. The first kappa shape index (κ1) is 24.2. The van der Waals surface area contributed by atoms with Crippen LogP contribution in [-0.2, 0) is 13.1 Å².